The van der Waals surface area contributed by atoms with Crippen LogP contribution in [-0.2, 0) is 11.3 Å². The standard InChI is InChI=1S/C23H25NO5/c1-3-27-12-6-11-24-13-18-21(29-15-24)10-9-17-22(25)19(14-28-23(17)18)16-7-4-5-8-20(16)26-2/h4-5,7-10,14H,3,6,11-13,15H2,1-2H3. The second-order valence-electron chi connectivity index (χ2n) is 6.97. The largest absolute Gasteiger partial charge is 0.496 e. The van der Waals surface area contributed by atoms with Crippen LogP contribution in [0.3, 0.4) is 0 Å². The molecule has 1 aliphatic rings. The average molecular weight is 395 g/mol. The predicted octanol–water partition coefficient (Wildman–Crippen LogP) is 4.05. The third kappa shape index (κ3) is 3.86. The van der Waals surface area contributed by atoms with Crippen molar-refractivity contribution in [3.8, 4) is 22.6 Å². The van der Waals surface area contributed by atoms with E-state index in [0.29, 0.717) is 35.6 Å². The number of benzene rings is 2. The normalized spacial score (nSPS) is 13.9. The quantitative estimate of drug-likeness (QED) is 0.563. The first kappa shape index (κ1) is 19.5. The van der Waals surface area contributed by atoms with Crippen LogP contribution in [0.1, 0.15) is 18.9 Å². The zero-order valence-corrected chi connectivity index (χ0v) is 16.8. The van der Waals surface area contributed by atoms with E-state index in [2.05, 4.69) is 4.90 Å². The van der Waals surface area contributed by atoms with E-state index in [1.165, 1.54) is 6.26 Å². The number of nitrogens with zero attached hydrogens (tertiary/aromatic N) is 1. The first-order valence-electron chi connectivity index (χ1n) is 9.86. The van der Waals surface area contributed by atoms with Crippen LogP contribution in [-0.4, -0.2) is 38.5 Å². The average Bonchev–Trinajstić information content (AvgIpc) is 2.77. The van der Waals surface area contributed by atoms with Gasteiger partial charge in [-0.05, 0) is 31.5 Å². The number of rotatable bonds is 7. The maximum absolute atomic E-state index is 13.2. The number of para-hydroxylation sites is 1. The molecule has 29 heavy (non-hydrogen) atoms. The fourth-order valence-corrected chi connectivity index (χ4v) is 3.69. The second kappa shape index (κ2) is 8.68. The van der Waals surface area contributed by atoms with Crippen molar-refractivity contribution in [2.75, 3.05) is 33.6 Å². The van der Waals surface area contributed by atoms with Gasteiger partial charge in [-0.1, -0.05) is 18.2 Å². The van der Waals surface area contributed by atoms with Crippen LogP contribution in [0.15, 0.2) is 51.9 Å². The first-order chi connectivity index (χ1) is 14.2. The first-order valence-corrected chi connectivity index (χ1v) is 9.86. The molecule has 0 radical (unpaired) electrons. The Hall–Kier alpha value is -2.83. The molecule has 3 aromatic rings. The fraction of sp³-hybridized carbons (Fsp3) is 0.348. The third-order valence-corrected chi connectivity index (χ3v) is 5.15. The van der Waals surface area contributed by atoms with Crippen molar-refractivity contribution in [3.05, 3.63) is 58.4 Å². The highest BCUT2D eigenvalue weighted by molar-refractivity contribution is 5.86. The van der Waals surface area contributed by atoms with Crippen LogP contribution in [0.5, 0.6) is 11.5 Å². The molecular formula is C23H25NO5. The Kier molecular flexibility index (Phi) is 5.83. The molecule has 6 heteroatoms. The molecule has 1 aromatic heterocycles. The third-order valence-electron chi connectivity index (χ3n) is 5.15. The lowest BCUT2D eigenvalue weighted by Gasteiger charge is -2.29. The smallest absolute Gasteiger partial charge is 0.200 e. The van der Waals surface area contributed by atoms with Gasteiger partial charge in [-0.25, -0.2) is 0 Å². The van der Waals surface area contributed by atoms with Crippen molar-refractivity contribution < 1.29 is 18.6 Å². The Morgan fingerprint density at radius 2 is 2.00 bits per heavy atom. The van der Waals surface area contributed by atoms with E-state index in [9.17, 15) is 4.79 Å². The minimum Gasteiger partial charge on any atom is -0.496 e. The van der Waals surface area contributed by atoms with Gasteiger partial charge in [0.1, 0.15) is 30.1 Å². The maximum Gasteiger partial charge on any atom is 0.200 e. The molecule has 0 fully saturated rings. The van der Waals surface area contributed by atoms with Crippen LogP contribution < -0.4 is 14.9 Å². The minimum absolute atomic E-state index is 0.0768. The number of fused-ring (bicyclic) bond motifs is 3. The molecule has 0 spiro atoms. The van der Waals surface area contributed by atoms with Gasteiger partial charge in [0.15, 0.2) is 0 Å². The lowest BCUT2D eigenvalue weighted by Crippen LogP contribution is -2.33. The van der Waals surface area contributed by atoms with Crippen LogP contribution in [0.2, 0.25) is 0 Å². The van der Waals surface area contributed by atoms with E-state index in [1.54, 1.807) is 13.2 Å². The zero-order valence-electron chi connectivity index (χ0n) is 16.8. The van der Waals surface area contributed by atoms with Gasteiger partial charge < -0.3 is 18.6 Å². The highest BCUT2D eigenvalue weighted by Crippen LogP contribution is 2.34. The molecule has 0 unspecified atom stereocenters. The minimum atomic E-state index is -0.0768. The summed E-state index contributed by atoms with van der Waals surface area (Å²) in [6, 6.07) is 11.1. The van der Waals surface area contributed by atoms with Crippen LogP contribution in [0.4, 0.5) is 0 Å². The molecule has 6 nitrogen and oxygen atoms in total. The Morgan fingerprint density at radius 1 is 1.14 bits per heavy atom. The van der Waals surface area contributed by atoms with E-state index in [1.807, 2.05) is 37.3 Å². The highest BCUT2D eigenvalue weighted by Gasteiger charge is 2.23. The van der Waals surface area contributed by atoms with Gasteiger partial charge in [0.05, 0.1) is 23.6 Å². The Balaban J connectivity index is 1.68. The molecule has 2 heterocycles. The molecule has 0 amide bonds. The Labute approximate surface area is 169 Å². The number of methoxy groups -OCH3 is 1. The summed E-state index contributed by atoms with van der Waals surface area (Å²) in [4.78, 5) is 15.4. The Morgan fingerprint density at radius 3 is 2.83 bits per heavy atom. The van der Waals surface area contributed by atoms with Crippen molar-refractivity contribution in [3.63, 3.8) is 0 Å². The van der Waals surface area contributed by atoms with E-state index < -0.39 is 0 Å². The fourth-order valence-electron chi connectivity index (χ4n) is 3.69. The summed E-state index contributed by atoms with van der Waals surface area (Å²) in [5.41, 5.74) is 2.62. The summed E-state index contributed by atoms with van der Waals surface area (Å²) in [6.45, 7) is 5.51. The van der Waals surface area contributed by atoms with Gasteiger partial charge >= 0.3 is 0 Å². The SMILES string of the molecule is CCOCCCN1COc2ccc3c(=O)c(-c4ccccc4OC)coc3c2C1. The summed E-state index contributed by atoms with van der Waals surface area (Å²) in [7, 11) is 1.59. The van der Waals surface area contributed by atoms with Gasteiger partial charge in [-0.3, -0.25) is 9.69 Å². The predicted molar refractivity (Wildman–Crippen MR) is 111 cm³/mol. The van der Waals surface area contributed by atoms with Gasteiger partial charge in [0, 0.05) is 31.9 Å². The summed E-state index contributed by atoms with van der Waals surface area (Å²) < 4.78 is 22.7. The number of hydrogen-bond donors (Lipinski definition) is 0. The number of hydrogen-bond acceptors (Lipinski definition) is 6. The summed E-state index contributed by atoms with van der Waals surface area (Å²) in [5.74, 6) is 1.41. The molecule has 0 N–H and O–H groups in total. The zero-order chi connectivity index (χ0) is 20.2. The summed E-state index contributed by atoms with van der Waals surface area (Å²) in [6.07, 6.45) is 2.45. The highest BCUT2D eigenvalue weighted by atomic mass is 16.5. The van der Waals surface area contributed by atoms with Crippen LogP contribution in [0, 0.1) is 0 Å². The molecule has 0 bridgehead atoms. The van der Waals surface area contributed by atoms with E-state index in [0.717, 1.165) is 43.1 Å². The van der Waals surface area contributed by atoms with Crippen molar-refractivity contribution in [1.29, 1.82) is 0 Å². The lowest BCUT2D eigenvalue weighted by atomic mass is 10.0. The van der Waals surface area contributed by atoms with E-state index in [-0.39, 0.29) is 5.43 Å². The molecule has 2 aromatic carbocycles. The lowest BCUT2D eigenvalue weighted by molar-refractivity contribution is 0.0772. The number of ether oxygens (including phenoxy) is 3. The Bertz CT molecular complexity index is 1060. The van der Waals surface area contributed by atoms with Gasteiger partial charge in [-0.15, -0.1) is 0 Å². The van der Waals surface area contributed by atoms with Crippen molar-refractivity contribution >= 4 is 11.0 Å². The second-order valence-corrected chi connectivity index (χ2v) is 6.97. The molecule has 0 atom stereocenters. The topological polar surface area (TPSA) is 61.1 Å². The van der Waals surface area contributed by atoms with Crippen molar-refractivity contribution in [2.45, 2.75) is 19.9 Å². The maximum atomic E-state index is 13.2. The molecule has 0 saturated carbocycles. The summed E-state index contributed by atoms with van der Waals surface area (Å²) in [5, 5.41) is 0.548. The molecule has 4 rings (SSSR count). The van der Waals surface area contributed by atoms with Gasteiger partial charge in [-0.2, -0.15) is 0 Å². The summed E-state index contributed by atoms with van der Waals surface area (Å²) >= 11 is 0. The van der Waals surface area contributed by atoms with Gasteiger partial charge in [0.25, 0.3) is 0 Å². The molecule has 1 aliphatic heterocycles. The van der Waals surface area contributed by atoms with E-state index >= 15 is 0 Å². The molecular weight excluding hydrogens is 370 g/mol. The molecule has 0 saturated heterocycles. The van der Waals surface area contributed by atoms with Gasteiger partial charge in [0.2, 0.25) is 5.43 Å². The molecule has 0 aliphatic carbocycles. The monoisotopic (exact) mass is 395 g/mol. The van der Waals surface area contributed by atoms with Crippen LogP contribution in [0.25, 0.3) is 22.1 Å². The molecule has 152 valence electrons. The van der Waals surface area contributed by atoms with Crippen molar-refractivity contribution in [2.24, 2.45) is 0 Å². The van der Waals surface area contributed by atoms with Crippen LogP contribution >= 0.6 is 0 Å². The van der Waals surface area contributed by atoms with E-state index in [4.69, 9.17) is 18.6 Å². The van der Waals surface area contributed by atoms with Crippen molar-refractivity contribution in [1.82, 2.24) is 4.90 Å².